The fourth-order valence-electron chi connectivity index (χ4n) is 2.32. The molecule has 1 aliphatic heterocycles. The molecule has 5 nitrogen and oxygen atoms in total. The maximum atomic E-state index is 11.8. The molecule has 128 valence electrons. The first-order valence-electron chi connectivity index (χ1n) is 6.63. The molecule has 0 aromatic heterocycles. The molecule has 0 bridgehead atoms. The lowest BCUT2D eigenvalue weighted by Gasteiger charge is -2.23. The first-order valence-corrected chi connectivity index (χ1v) is 9.97. The van der Waals surface area contributed by atoms with Gasteiger partial charge in [0.15, 0.2) is 9.84 Å². The lowest BCUT2D eigenvalue weighted by atomic mass is 10.1. The van der Waals surface area contributed by atoms with Crippen LogP contribution in [0, 0.1) is 0 Å². The van der Waals surface area contributed by atoms with E-state index in [2.05, 4.69) is 10.6 Å². The topological polar surface area (TPSA) is 75.3 Å². The summed E-state index contributed by atoms with van der Waals surface area (Å²) in [5.41, 5.74) is 0.824. The van der Waals surface area contributed by atoms with Crippen LogP contribution in [0.3, 0.4) is 0 Å². The number of benzene rings is 1. The normalized spacial score (nSPS) is 23.7. The number of sulfone groups is 1. The Morgan fingerprint density at radius 3 is 2.39 bits per heavy atom. The van der Waals surface area contributed by atoms with Gasteiger partial charge in [0.05, 0.1) is 17.5 Å². The molecular formula is C13H14Cl4N2O3S. The molecule has 2 N–H and O–H groups in total. The Kier molecular flexibility index (Phi) is 6.09. The van der Waals surface area contributed by atoms with Gasteiger partial charge >= 0.3 is 0 Å². The van der Waals surface area contributed by atoms with E-state index in [4.69, 9.17) is 46.4 Å². The molecule has 1 aromatic carbocycles. The standard InChI is InChI=1S/C13H14Cl4N2O3S/c14-9-4-2-1-3-8(9)5-18-10-6-23(21,22)7-11(10)19-12(20)13(15,16)17/h1-4,10-11,18H,5-7H2,(H,19,20)/t10-,11+/m1/s1. The molecule has 2 atom stereocenters. The number of carbonyl (C=O) groups is 1. The van der Waals surface area contributed by atoms with Gasteiger partial charge in [0.25, 0.3) is 9.70 Å². The van der Waals surface area contributed by atoms with Gasteiger partial charge in [0.2, 0.25) is 0 Å². The molecule has 1 aromatic rings. The van der Waals surface area contributed by atoms with E-state index in [1.807, 2.05) is 12.1 Å². The van der Waals surface area contributed by atoms with Crippen molar-refractivity contribution in [3.8, 4) is 0 Å². The maximum Gasteiger partial charge on any atom is 0.272 e. The van der Waals surface area contributed by atoms with E-state index in [9.17, 15) is 13.2 Å². The van der Waals surface area contributed by atoms with Crippen LogP contribution >= 0.6 is 46.4 Å². The smallest absolute Gasteiger partial charge is 0.272 e. The average Bonchev–Trinajstić information content (AvgIpc) is 2.71. The summed E-state index contributed by atoms with van der Waals surface area (Å²) >= 11 is 22.6. The van der Waals surface area contributed by atoms with Crippen molar-refractivity contribution in [1.29, 1.82) is 0 Å². The minimum Gasteiger partial charge on any atom is -0.347 e. The summed E-state index contributed by atoms with van der Waals surface area (Å²) in [5.74, 6) is -1.17. The summed E-state index contributed by atoms with van der Waals surface area (Å²) in [5, 5.41) is 6.13. The third kappa shape index (κ3) is 5.37. The highest BCUT2D eigenvalue weighted by Crippen LogP contribution is 2.27. The quantitative estimate of drug-likeness (QED) is 0.732. The summed E-state index contributed by atoms with van der Waals surface area (Å²) in [6.45, 7) is 0.361. The predicted octanol–water partition coefficient (Wildman–Crippen LogP) is 2.08. The second-order valence-corrected chi connectivity index (χ2v) is 10.1. The number of alkyl halides is 3. The van der Waals surface area contributed by atoms with Crippen LogP contribution in [0.4, 0.5) is 0 Å². The fourth-order valence-corrected chi connectivity index (χ4v) is 4.59. The molecular weight excluding hydrogens is 406 g/mol. The van der Waals surface area contributed by atoms with Crippen molar-refractivity contribution in [3.05, 3.63) is 34.9 Å². The van der Waals surface area contributed by atoms with Crippen molar-refractivity contribution >= 4 is 62.1 Å². The van der Waals surface area contributed by atoms with Crippen molar-refractivity contribution in [2.75, 3.05) is 11.5 Å². The Morgan fingerprint density at radius 2 is 1.78 bits per heavy atom. The molecule has 0 radical (unpaired) electrons. The number of nitrogens with one attached hydrogen (secondary N) is 2. The minimum absolute atomic E-state index is 0.109. The average molecular weight is 420 g/mol. The monoisotopic (exact) mass is 418 g/mol. The molecule has 0 unspecified atom stereocenters. The molecule has 1 amide bonds. The summed E-state index contributed by atoms with van der Waals surface area (Å²) in [6.07, 6.45) is 0. The van der Waals surface area contributed by atoms with Crippen LogP contribution in [0.25, 0.3) is 0 Å². The zero-order chi connectivity index (χ0) is 17.3. The van der Waals surface area contributed by atoms with E-state index >= 15 is 0 Å². The van der Waals surface area contributed by atoms with Gasteiger partial charge in [-0.3, -0.25) is 4.79 Å². The van der Waals surface area contributed by atoms with Crippen molar-refractivity contribution in [1.82, 2.24) is 10.6 Å². The van der Waals surface area contributed by atoms with Crippen molar-refractivity contribution in [2.24, 2.45) is 0 Å². The van der Waals surface area contributed by atoms with E-state index < -0.39 is 31.6 Å². The molecule has 1 aliphatic rings. The van der Waals surface area contributed by atoms with Gasteiger partial charge in [-0.25, -0.2) is 8.42 Å². The summed E-state index contributed by atoms with van der Waals surface area (Å²) in [4.78, 5) is 11.8. The number of rotatable bonds is 4. The summed E-state index contributed by atoms with van der Waals surface area (Å²) in [7, 11) is -3.29. The zero-order valence-electron chi connectivity index (χ0n) is 11.7. The molecule has 23 heavy (non-hydrogen) atoms. The molecule has 0 aliphatic carbocycles. The van der Waals surface area contributed by atoms with Crippen LogP contribution in [-0.2, 0) is 21.2 Å². The van der Waals surface area contributed by atoms with E-state index in [-0.39, 0.29) is 11.5 Å². The van der Waals surface area contributed by atoms with Crippen LogP contribution in [0.15, 0.2) is 24.3 Å². The van der Waals surface area contributed by atoms with E-state index in [0.717, 1.165) is 5.56 Å². The Bertz CT molecular complexity index is 691. The van der Waals surface area contributed by atoms with Crippen molar-refractivity contribution in [2.45, 2.75) is 22.4 Å². The van der Waals surface area contributed by atoms with Crippen LogP contribution in [0.1, 0.15) is 5.56 Å². The van der Waals surface area contributed by atoms with Gasteiger partial charge < -0.3 is 10.6 Å². The highest BCUT2D eigenvalue weighted by atomic mass is 35.6. The summed E-state index contributed by atoms with van der Waals surface area (Å²) in [6, 6.07) is 6.03. The van der Waals surface area contributed by atoms with Gasteiger partial charge in [0, 0.05) is 17.6 Å². The number of halogens is 4. The predicted molar refractivity (Wildman–Crippen MR) is 93.0 cm³/mol. The van der Waals surface area contributed by atoms with Crippen LogP contribution in [0.2, 0.25) is 5.02 Å². The third-order valence-electron chi connectivity index (χ3n) is 3.44. The van der Waals surface area contributed by atoms with Crippen LogP contribution < -0.4 is 10.6 Å². The molecule has 2 rings (SSSR count). The molecule has 1 fully saturated rings. The number of amides is 1. The largest absolute Gasteiger partial charge is 0.347 e. The second-order valence-electron chi connectivity index (χ2n) is 5.23. The maximum absolute atomic E-state index is 11.8. The summed E-state index contributed by atoms with van der Waals surface area (Å²) < 4.78 is 21.5. The first kappa shape index (κ1) is 19.1. The minimum atomic E-state index is -3.29. The fraction of sp³-hybridized carbons (Fsp3) is 0.462. The zero-order valence-corrected chi connectivity index (χ0v) is 15.6. The van der Waals surface area contributed by atoms with E-state index in [1.54, 1.807) is 12.1 Å². The lowest BCUT2D eigenvalue weighted by molar-refractivity contribution is -0.120. The molecule has 1 saturated heterocycles. The van der Waals surface area contributed by atoms with Crippen molar-refractivity contribution < 1.29 is 13.2 Å². The Hall–Kier alpha value is -0.240. The van der Waals surface area contributed by atoms with E-state index in [0.29, 0.717) is 11.6 Å². The van der Waals surface area contributed by atoms with Crippen LogP contribution in [0.5, 0.6) is 0 Å². The Morgan fingerprint density at radius 1 is 1.17 bits per heavy atom. The van der Waals surface area contributed by atoms with Gasteiger partial charge in [-0.1, -0.05) is 64.6 Å². The number of carbonyl (C=O) groups excluding carboxylic acids is 1. The highest BCUT2D eigenvalue weighted by Gasteiger charge is 2.41. The van der Waals surface area contributed by atoms with Gasteiger partial charge in [-0.2, -0.15) is 0 Å². The molecule has 0 spiro atoms. The second kappa shape index (κ2) is 7.33. The lowest BCUT2D eigenvalue weighted by Crippen LogP contribution is -2.51. The highest BCUT2D eigenvalue weighted by molar-refractivity contribution is 7.91. The molecule has 1 heterocycles. The van der Waals surface area contributed by atoms with Crippen LogP contribution in [-0.4, -0.2) is 41.7 Å². The first-order chi connectivity index (χ1) is 10.6. The van der Waals surface area contributed by atoms with E-state index in [1.165, 1.54) is 0 Å². The molecule has 0 saturated carbocycles. The van der Waals surface area contributed by atoms with Gasteiger partial charge in [-0.15, -0.1) is 0 Å². The third-order valence-corrected chi connectivity index (χ3v) is 6.06. The SMILES string of the molecule is O=C(N[C@H]1CS(=O)(=O)C[C@H]1NCc1ccccc1Cl)C(Cl)(Cl)Cl. The number of hydrogen-bond acceptors (Lipinski definition) is 4. The molecule has 10 heteroatoms. The Labute approximate surface area is 154 Å². The van der Waals surface area contributed by atoms with Gasteiger partial charge in [0.1, 0.15) is 0 Å². The number of hydrogen-bond donors (Lipinski definition) is 2. The van der Waals surface area contributed by atoms with Gasteiger partial charge in [-0.05, 0) is 11.6 Å². The Balaban J connectivity index is 2.06. The van der Waals surface area contributed by atoms with Crippen molar-refractivity contribution in [3.63, 3.8) is 0 Å².